The van der Waals surface area contributed by atoms with E-state index < -0.39 is 68.2 Å². The Labute approximate surface area is 380 Å². The monoisotopic (exact) mass is 976 g/mol. The molecule has 0 heterocycles. The Bertz CT molecular complexity index is 2150. The first-order valence-electron chi connectivity index (χ1n) is 16.6. The van der Waals surface area contributed by atoms with Gasteiger partial charge in [-0.3, -0.25) is 0 Å². The van der Waals surface area contributed by atoms with E-state index in [1.807, 2.05) is 0 Å². The maximum absolute atomic E-state index is 12.2. The van der Waals surface area contributed by atoms with Gasteiger partial charge >= 0.3 is 34.1 Å². The zero-order chi connectivity index (χ0) is 44.1. The van der Waals surface area contributed by atoms with Crippen LogP contribution in [0.5, 0.6) is 0 Å². The van der Waals surface area contributed by atoms with Crippen molar-refractivity contribution in [3.05, 3.63) is 179 Å². The molecule has 0 N–H and O–H groups in total. The molecule has 0 spiro atoms. The first-order valence-corrected chi connectivity index (χ1v) is 20.1. The summed E-state index contributed by atoms with van der Waals surface area (Å²) >= 11 is 0. The molecule has 15 nitrogen and oxygen atoms in total. The zero-order valence-corrected chi connectivity index (χ0v) is 35.6. The molecule has 0 unspecified atom stereocenters. The predicted molar refractivity (Wildman–Crippen MR) is 199 cm³/mol. The molecule has 0 bridgehead atoms. The average Bonchev–Trinajstić information content (AvgIpc) is 3.26. The van der Waals surface area contributed by atoms with Crippen molar-refractivity contribution in [1.82, 2.24) is 0 Å². The maximum atomic E-state index is 12.2. The van der Waals surface area contributed by atoms with Crippen molar-refractivity contribution in [3.8, 4) is 0 Å². The smallest absolute Gasteiger partial charge is 0.545 e. The summed E-state index contributed by atoms with van der Waals surface area (Å²) in [5.74, 6) is -7.83. The van der Waals surface area contributed by atoms with E-state index in [1.165, 1.54) is 146 Å². The minimum atomic E-state index is -1.52. The normalized spacial score (nSPS) is 10.1. The van der Waals surface area contributed by atoms with E-state index >= 15 is 0 Å². The van der Waals surface area contributed by atoms with Crippen molar-refractivity contribution in [2.24, 2.45) is 0 Å². The third kappa shape index (κ3) is 14.4. The maximum Gasteiger partial charge on any atom is 3.00 e. The molecular formula is C42H24Fe2O15S3. The Morgan fingerprint density at radius 2 is 0.339 bits per heavy atom. The molecule has 0 fully saturated rings. The van der Waals surface area contributed by atoms with E-state index in [0.29, 0.717) is 29.4 Å². The Morgan fingerprint density at radius 1 is 0.242 bits per heavy atom. The molecule has 6 rings (SSSR count). The third-order valence-electron chi connectivity index (χ3n) is 7.82. The van der Waals surface area contributed by atoms with Gasteiger partial charge in [0.1, 0.15) is 0 Å². The van der Waals surface area contributed by atoms with E-state index in [1.54, 1.807) is 0 Å². The number of carbonyl (C=O) groups is 6. The van der Waals surface area contributed by atoms with E-state index in [9.17, 15) is 72.0 Å². The fourth-order valence-corrected chi connectivity index (χ4v) is 7.81. The Balaban J connectivity index is 0.000000315. The second-order valence-corrected chi connectivity index (χ2v) is 16.1. The average molecular weight is 977 g/mol. The van der Waals surface area contributed by atoms with E-state index in [-0.39, 0.29) is 67.5 Å². The van der Waals surface area contributed by atoms with Crippen LogP contribution < -0.4 is 30.6 Å². The summed E-state index contributed by atoms with van der Waals surface area (Å²) in [5, 5.41) is 63.6. The number of rotatable bonds is 12. The first-order chi connectivity index (χ1) is 28.5. The van der Waals surface area contributed by atoms with Crippen molar-refractivity contribution < 1.29 is 106 Å². The summed E-state index contributed by atoms with van der Waals surface area (Å²) in [6.45, 7) is 0. The van der Waals surface area contributed by atoms with Crippen molar-refractivity contribution >= 4 is 68.2 Å². The molecule has 0 atom stereocenters. The molecule has 0 amide bonds. The van der Waals surface area contributed by atoms with Crippen LogP contribution in [-0.4, -0.2) is 48.4 Å². The van der Waals surface area contributed by atoms with Crippen molar-refractivity contribution in [3.63, 3.8) is 0 Å². The van der Waals surface area contributed by atoms with Gasteiger partial charge in [0.05, 0.1) is 68.2 Å². The number of aromatic carboxylic acids is 6. The molecule has 0 aromatic heterocycles. The summed E-state index contributed by atoms with van der Waals surface area (Å²) in [4.78, 5) is 66.1. The van der Waals surface area contributed by atoms with Crippen LogP contribution >= 0.6 is 0 Å². The molecule has 6 aromatic rings. The van der Waals surface area contributed by atoms with Crippen LogP contribution in [0, 0.1) is 0 Å². The van der Waals surface area contributed by atoms with E-state index in [2.05, 4.69) is 0 Å². The fraction of sp³-hybridized carbons (Fsp3) is 0. The van der Waals surface area contributed by atoms with Gasteiger partial charge in [-0.05, 0) is 106 Å². The second-order valence-electron chi connectivity index (χ2n) is 11.7. The number of carbonyl (C=O) groups excluding carboxylic acids is 6. The Hall–Kier alpha value is -6.37. The summed E-state index contributed by atoms with van der Waals surface area (Å²) in [7, 11) is -4.55. The second kappa shape index (κ2) is 24.2. The SMILES string of the molecule is O=C([O-])c1ccc(S(=O)c2ccc(C(=O)[O-])cc2)cc1.O=C([O-])c1ccc(S(=O)c2ccc(C(=O)[O-])cc2)cc1.O=C([O-])c1ccc(S(=O)c2ccc(C(=O)[O-])cc2)cc1.[Fe+3].[Fe+3]. The molecule has 6 aromatic carbocycles. The molecule has 2 radical (unpaired) electrons. The number of carboxylic acid groups (broad SMARTS) is 6. The number of carboxylic acids is 6. The predicted octanol–water partition coefficient (Wildman–Crippen LogP) is -1.26. The molecule has 0 saturated heterocycles. The van der Waals surface area contributed by atoms with E-state index in [4.69, 9.17) is 0 Å². The summed E-state index contributed by atoms with van der Waals surface area (Å²) in [6, 6.07) is 32.7. The van der Waals surface area contributed by atoms with Gasteiger partial charge in [0.15, 0.2) is 0 Å². The van der Waals surface area contributed by atoms with Crippen LogP contribution in [0.15, 0.2) is 175 Å². The first kappa shape index (κ1) is 51.8. The Kier molecular flexibility index (Phi) is 20.2. The number of benzene rings is 6. The van der Waals surface area contributed by atoms with Gasteiger partial charge in [0.25, 0.3) is 0 Å². The van der Waals surface area contributed by atoms with Crippen LogP contribution in [0.2, 0.25) is 0 Å². The molecule has 0 saturated carbocycles. The molecule has 0 aliphatic rings. The summed E-state index contributed by atoms with van der Waals surface area (Å²) in [6.07, 6.45) is 0. The van der Waals surface area contributed by atoms with Crippen molar-refractivity contribution in [2.75, 3.05) is 0 Å². The molecule has 62 heavy (non-hydrogen) atoms. The Morgan fingerprint density at radius 3 is 0.419 bits per heavy atom. The number of hydrogen-bond acceptors (Lipinski definition) is 15. The molecule has 20 heteroatoms. The zero-order valence-electron chi connectivity index (χ0n) is 30.9. The number of hydrogen-bond donors (Lipinski definition) is 0. The topological polar surface area (TPSA) is 292 Å². The van der Waals surface area contributed by atoms with Crippen LogP contribution in [0.25, 0.3) is 0 Å². The molecule has 0 aliphatic carbocycles. The van der Waals surface area contributed by atoms with Crippen molar-refractivity contribution in [2.45, 2.75) is 29.4 Å². The summed E-state index contributed by atoms with van der Waals surface area (Å²) in [5.41, 5.74) is -0.0108. The quantitative estimate of drug-likeness (QED) is 0.129. The minimum absolute atomic E-state index is 0. The largest absolute Gasteiger partial charge is 3.00 e. The van der Waals surface area contributed by atoms with Gasteiger partial charge in [0, 0.05) is 29.4 Å². The molecule has 316 valence electrons. The van der Waals surface area contributed by atoms with Crippen LogP contribution in [0.3, 0.4) is 0 Å². The minimum Gasteiger partial charge on any atom is -0.545 e. The molecule has 0 aliphatic heterocycles. The van der Waals surface area contributed by atoms with Crippen LogP contribution in [-0.2, 0) is 66.5 Å². The fourth-order valence-electron chi connectivity index (χ4n) is 4.70. The van der Waals surface area contributed by atoms with Crippen LogP contribution in [0.1, 0.15) is 62.1 Å². The van der Waals surface area contributed by atoms with Gasteiger partial charge in [-0.25, -0.2) is 12.6 Å². The van der Waals surface area contributed by atoms with Gasteiger partial charge in [-0.2, -0.15) is 0 Å². The standard InChI is InChI=1S/3C14H10O5S.2Fe/c3*15-13(16)9-1-5-11(6-2-9)20(19)12-7-3-10(4-8-12)14(17)18;;/h3*1-8H,(H,15,16)(H,17,18);;/q;;;2*+3/p-6. The van der Waals surface area contributed by atoms with Crippen LogP contribution in [0.4, 0.5) is 0 Å². The van der Waals surface area contributed by atoms with Crippen molar-refractivity contribution in [1.29, 1.82) is 0 Å². The summed E-state index contributed by atoms with van der Waals surface area (Å²) < 4.78 is 36.6. The van der Waals surface area contributed by atoms with Gasteiger partial charge in [0.2, 0.25) is 0 Å². The molecular weight excluding hydrogens is 952 g/mol. The van der Waals surface area contributed by atoms with Gasteiger partial charge < -0.3 is 59.4 Å². The third-order valence-corrected chi connectivity index (χ3v) is 12.0. The van der Waals surface area contributed by atoms with Gasteiger partial charge in [-0.1, -0.05) is 72.8 Å². The van der Waals surface area contributed by atoms with Gasteiger partial charge in [-0.15, -0.1) is 0 Å². The van der Waals surface area contributed by atoms with E-state index in [0.717, 1.165) is 0 Å².